The molecule has 0 amide bonds. The highest BCUT2D eigenvalue weighted by Gasteiger charge is 2.31. The predicted octanol–water partition coefficient (Wildman–Crippen LogP) is 3.43. The molecule has 1 aromatic rings. The molecule has 5 nitrogen and oxygen atoms in total. The van der Waals surface area contributed by atoms with Crippen molar-refractivity contribution in [2.24, 2.45) is 10.4 Å². The van der Waals surface area contributed by atoms with Gasteiger partial charge in [-0.05, 0) is 62.1 Å². The molecule has 0 radical (unpaired) electrons. The van der Waals surface area contributed by atoms with Gasteiger partial charge in [-0.3, -0.25) is 4.99 Å². The highest BCUT2D eigenvalue weighted by Crippen LogP contribution is 2.39. The molecule has 27 heavy (non-hydrogen) atoms. The Bertz CT molecular complexity index is 590. The summed E-state index contributed by atoms with van der Waals surface area (Å²) in [4.78, 5) is 4.87. The SMILES string of the molecule is CCNC(=NCC1(CCO)CCCCC1)NCCc1ccc(C)c(OC)c1. The summed E-state index contributed by atoms with van der Waals surface area (Å²) >= 11 is 0. The molecule has 0 spiro atoms. The second-order valence-corrected chi connectivity index (χ2v) is 7.71. The van der Waals surface area contributed by atoms with Crippen molar-refractivity contribution in [3.8, 4) is 5.75 Å². The molecule has 5 heteroatoms. The topological polar surface area (TPSA) is 65.9 Å². The van der Waals surface area contributed by atoms with E-state index in [1.54, 1.807) is 7.11 Å². The molecule has 1 fully saturated rings. The van der Waals surface area contributed by atoms with Crippen molar-refractivity contribution in [3.05, 3.63) is 29.3 Å². The van der Waals surface area contributed by atoms with Crippen LogP contribution in [0.25, 0.3) is 0 Å². The minimum atomic E-state index is 0.180. The van der Waals surface area contributed by atoms with Crippen LogP contribution in [0.3, 0.4) is 0 Å². The van der Waals surface area contributed by atoms with Crippen molar-refractivity contribution >= 4 is 5.96 Å². The average molecular weight is 376 g/mol. The Morgan fingerprint density at radius 1 is 1.22 bits per heavy atom. The molecule has 1 aromatic carbocycles. The standard InChI is InChI=1S/C22H37N3O2/c1-4-23-21(25-17-22(13-15-26)11-6-5-7-12-22)24-14-10-19-9-8-18(2)20(16-19)27-3/h8-9,16,26H,4-7,10-15,17H2,1-3H3,(H2,23,24,25). The van der Waals surface area contributed by atoms with Crippen LogP contribution in [-0.2, 0) is 6.42 Å². The number of hydrogen-bond acceptors (Lipinski definition) is 3. The largest absolute Gasteiger partial charge is 0.496 e. The molecule has 1 aliphatic carbocycles. The fourth-order valence-electron chi connectivity index (χ4n) is 3.96. The predicted molar refractivity (Wildman–Crippen MR) is 113 cm³/mol. The average Bonchev–Trinajstić information content (AvgIpc) is 2.68. The molecule has 0 unspecified atom stereocenters. The fraction of sp³-hybridized carbons (Fsp3) is 0.682. The van der Waals surface area contributed by atoms with Crippen molar-refractivity contribution in [3.63, 3.8) is 0 Å². The highest BCUT2D eigenvalue weighted by atomic mass is 16.5. The maximum Gasteiger partial charge on any atom is 0.191 e. The van der Waals surface area contributed by atoms with E-state index in [-0.39, 0.29) is 12.0 Å². The Hall–Kier alpha value is -1.75. The Balaban J connectivity index is 1.92. The minimum Gasteiger partial charge on any atom is -0.496 e. The summed E-state index contributed by atoms with van der Waals surface area (Å²) in [5.41, 5.74) is 2.59. The Morgan fingerprint density at radius 2 is 2.00 bits per heavy atom. The van der Waals surface area contributed by atoms with Crippen molar-refractivity contribution in [2.45, 2.75) is 58.8 Å². The van der Waals surface area contributed by atoms with E-state index in [2.05, 4.69) is 42.7 Å². The third-order valence-corrected chi connectivity index (χ3v) is 5.65. The van der Waals surface area contributed by atoms with Gasteiger partial charge in [-0.15, -0.1) is 0 Å². The lowest BCUT2D eigenvalue weighted by Crippen LogP contribution is -2.40. The first-order valence-corrected chi connectivity index (χ1v) is 10.4. The van der Waals surface area contributed by atoms with E-state index in [1.807, 2.05) is 0 Å². The number of guanidine groups is 1. The summed E-state index contributed by atoms with van der Waals surface area (Å²) < 4.78 is 5.41. The molecule has 0 aromatic heterocycles. The van der Waals surface area contributed by atoms with Crippen molar-refractivity contribution < 1.29 is 9.84 Å². The molecular weight excluding hydrogens is 338 g/mol. The van der Waals surface area contributed by atoms with Gasteiger partial charge in [0, 0.05) is 26.2 Å². The van der Waals surface area contributed by atoms with Gasteiger partial charge in [0.15, 0.2) is 5.96 Å². The van der Waals surface area contributed by atoms with Gasteiger partial charge in [0.1, 0.15) is 5.75 Å². The van der Waals surface area contributed by atoms with E-state index in [0.717, 1.165) is 49.7 Å². The zero-order valence-corrected chi connectivity index (χ0v) is 17.3. The van der Waals surface area contributed by atoms with Gasteiger partial charge in [0.25, 0.3) is 0 Å². The fourth-order valence-corrected chi connectivity index (χ4v) is 3.96. The lowest BCUT2D eigenvalue weighted by atomic mass is 9.72. The number of rotatable bonds is 9. The summed E-state index contributed by atoms with van der Waals surface area (Å²) in [5.74, 6) is 1.82. The van der Waals surface area contributed by atoms with Gasteiger partial charge in [-0.25, -0.2) is 0 Å². The second kappa shape index (κ2) is 11.2. The molecule has 0 heterocycles. The Labute approximate surface area is 164 Å². The number of nitrogens with one attached hydrogen (secondary N) is 2. The van der Waals surface area contributed by atoms with Crippen LogP contribution in [0.5, 0.6) is 5.75 Å². The van der Waals surface area contributed by atoms with Gasteiger partial charge in [0.05, 0.1) is 7.11 Å². The van der Waals surface area contributed by atoms with Crippen LogP contribution in [0.15, 0.2) is 23.2 Å². The van der Waals surface area contributed by atoms with E-state index < -0.39 is 0 Å². The van der Waals surface area contributed by atoms with Crippen LogP contribution < -0.4 is 15.4 Å². The normalized spacial score (nSPS) is 16.8. The molecule has 0 aliphatic heterocycles. The second-order valence-electron chi connectivity index (χ2n) is 7.71. The van der Waals surface area contributed by atoms with E-state index in [1.165, 1.54) is 37.7 Å². The van der Waals surface area contributed by atoms with Crippen LogP contribution in [0.2, 0.25) is 0 Å². The minimum absolute atomic E-state index is 0.180. The molecule has 152 valence electrons. The number of benzene rings is 1. The first kappa shape index (κ1) is 21.5. The van der Waals surface area contributed by atoms with E-state index >= 15 is 0 Å². The Kier molecular flexibility index (Phi) is 8.92. The van der Waals surface area contributed by atoms with Crippen LogP contribution >= 0.6 is 0 Å². The van der Waals surface area contributed by atoms with Gasteiger partial charge >= 0.3 is 0 Å². The number of hydrogen-bond donors (Lipinski definition) is 3. The first-order valence-electron chi connectivity index (χ1n) is 10.4. The third kappa shape index (κ3) is 6.73. The van der Waals surface area contributed by atoms with Crippen molar-refractivity contribution in [1.29, 1.82) is 0 Å². The number of methoxy groups -OCH3 is 1. The number of aryl methyl sites for hydroxylation is 1. The highest BCUT2D eigenvalue weighted by molar-refractivity contribution is 5.79. The summed E-state index contributed by atoms with van der Waals surface area (Å²) in [6.07, 6.45) is 7.97. The van der Waals surface area contributed by atoms with Gasteiger partial charge in [0.2, 0.25) is 0 Å². The monoisotopic (exact) mass is 375 g/mol. The lowest BCUT2D eigenvalue weighted by Gasteiger charge is -2.35. The molecule has 1 saturated carbocycles. The smallest absolute Gasteiger partial charge is 0.191 e. The maximum atomic E-state index is 9.49. The van der Waals surface area contributed by atoms with Gasteiger partial charge in [-0.2, -0.15) is 0 Å². The zero-order valence-electron chi connectivity index (χ0n) is 17.3. The number of aliphatic hydroxyl groups excluding tert-OH is 1. The molecule has 0 bridgehead atoms. The molecule has 0 atom stereocenters. The van der Waals surface area contributed by atoms with Crippen molar-refractivity contribution in [1.82, 2.24) is 10.6 Å². The van der Waals surface area contributed by atoms with Crippen LogP contribution in [0, 0.1) is 12.3 Å². The summed E-state index contributed by atoms with van der Waals surface area (Å²) in [6.45, 7) is 6.87. The number of aliphatic hydroxyl groups is 1. The number of nitrogens with zero attached hydrogens (tertiary/aromatic N) is 1. The molecule has 0 saturated heterocycles. The first-order chi connectivity index (χ1) is 13.1. The van der Waals surface area contributed by atoms with Gasteiger partial charge in [-0.1, -0.05) is 31.4 Å². The number of ether oxygens (including phenoxy) is 1. The van der Waals surface area contributed by atoms with Gasteiger partial charge < -0.3 is 20.5 Å². The maximum absolute atomic E-state index is 9.49. The van der Waals surface area contributed by atoms with Crippen LogP contribution in [0.4, 0.5) is 0 Å². The molecule has 1 aliphatic rings. The summed E-state index contributed by atoms with van der Waals surface area (Å²) in [6, 6.07) is 6.37. The molecule has 3 N–H and O–H groups in total. The summed E-state index contributed by atoms with van der Waals surface area (Å²) in [7, 11) is 1.72. The van der Waals surface area contributed by atoms with E-state index in [0.29, 0.717) is 0 Å². The molecular formula is C22H37N3O2. The summed E-state index contributed by atoms with van der Waals surface area (Å²) in [5, 5.41) is 16.3. The third-order valence-electron chi connectivity index (χ3n) is 5.65. The molecule has 2 rings (SSSR count). The van der Waals surface area contributed by atoms with Crippen LogP contribution in [0.1, 0.15) is 56.6 Å². The number of aliphatic imine (C=N–C) groups is 1. The van der Waals surface area contributed by atoms with Crippen molar-refractivity contribution in [2.75, 3.05) is 33.4 Å². The van der Waals surface area contributed by atoms with E-state index in [4.69, 9.17) is 9.73 Å². The van der Waals surface area contributed by atoms with Crippen LogP contribution in [-0.4, -0.2) is 44.4 Å². The zero-order chi connectivity index (χ0) is 19.5. The Morgan fingerprint density at radius 3 is 2.67 bits per heavy atom. The lowest BCUT2D eigenvalue weighted by molar-refractivity contribution is 0.137. The van der Waals surface area contributed by atoms with E-state index in [9.17, 15) is 5.11 Å². The quantitative estimate of drug-likeness (QED) is 0.457.